The van der Waals surface area contributed by atoms with Crippen molar-refractivity contribution in [2.45, 2.75) is 8.86 Å². The fourth-order valence-electron chi connectivity index (χ4n) is 3.22. The number of pyridine rings is 1. The van der Waals surface area contributed by atoms with Gasteiger partial charge < -0.3 is 15.5 Å². The van der Waals surface area contributed by atoms with Crippen molar-refractivity contribution >= 4 is 74.3 Å². The number of amides is 2. The third-order valence-corrected chi connectivity index (χ3v) is 6.96. The van der Waals surface area contributed by atoms with Gasteiger partial charge in [-0.25, -0.2) is 9.37 Å². The van der Waals surface area contributed by atoms with Crippen molar-refractivity contribution in [2.24, 2.45) is 0 Å². The Morgan fingerprint density at radius 1 is 0.941 bits per heavy atom. The Balaban J connectivity index is 1.56. The van der Waals surface area contributed by atoms with Crippen molar-refractivity contribution in [3.05, 3.63) is 88.4 Å². The third-order valence-electron chi connectivity index (χ3n) is 5.20. The molecule has 0 saturated carbocycles. The molecular formula is C24H20FI2N5O2. The number of halogens is 3. The molecule has 1 aromatic heterocycles. The number of nitrogens with one attached hydrogen (secondary N) is 3. The van der Waals surface area contributed by atoms with Gasteiger partial charge in [0.1, 0.15) is 17.5 Å². The van der Waals surface area contributed by atoms with Gasteiger partial charge in [0.25, 0.3) is 11.8 Å². The lowest BCUT2D eigenvalue weighted by Crippen LogP contribution is -2.20. The zero-order valence-corrected chi connectivity index (χ0v) is 22.2. The van der Waals surface area contributed by atoms with Gasteiger partial charge in [0, 0.05) is 33.7 Å². The average Bonchev–Trinajstić information content (AvgIpc) is 3.69. The monoisotopic (exact) mass is 683 g/mol. The standard InChI is InChI=1S/C24H20FI2N5O2/c25-19-10-16(22(28)32-7-8-32)3-4-17(19)23(33)30-20-5-1-14(11-26)9-18(20)24(34)31-21-6-2-15(12-27)13-29-21/h1-6,9-10,13,28H,7-8,11-12H2,(H,30,33)(H,29,31,34). The second-order valence-electron chi connectivity index (χ2n) is 7.64. The molecule has 3 N–H and O–H groups in total. The summed E-state index contributed by atoms with van der Waals surface area (Å²) in [4.78, 5) is 31.9. The molecule has 0 bridgehead atoms. The highest BCUT2D eigenvalue weighted by Gasteiger charge is 2.24. The number of hydrogen-bond donors (Lipinski definition) is 3. The number of anilines is 2. The fourth-order valence-corrected chi connectivity index (χ4v) is 4.15. The van der Waals surface area contributed by atoms with Crippen molar-refractivity contribution in [3.8, 4) is 0 Å². The van der Waals surface area contributed by atoms with Crippen LogP contribution < -0.4 is 10.6 Å². The van der Waals surface area contributed by atoms with E-state index in [0.29, 0.717) is 15.8 Å². The highest BCUT2D eigenvalue weighted by molar-refractivity contribution is 14.1. The average molecular weight is 683 g/mol. The van der Waals surface area contributed by atoms with Crippen LogP contribution in [-0.4, -0.2) is 40.6 Å². The summed E-state index contributed by atoms with van der Waals surface area (Å²) < 4.78 is 16.2. The maximum atomic E-state index is 14.7. The van der Waals surface area contributed by atoms with Crippen LogP contribution in [-0.2, 0) is 8.86 Å². The summed E-state index contributed by atoms with van der Waals surface area (Å²) in [5, 5.41) is 13.5. The van der Waals surface area contributed by atoms with E-state index in [1.54, 1.807) is 41.4 Å². The molecule has 4 rings (SSSR count). The van der Waals surface area contributed by atoms with E-state index < -0.39 is 17.6 Å². The lowest BCUT2D eigenvalue weighted by atomic mass is 10.1. The minimum atomic E-state index is -0.726. The largest absolute Gasteiger partial charge is 0.353 e. The molecule has 0 spiro atoms. The van der Waals surface area contributed by atoms with Gasteiger partial charge in [-0.2, -0.15) is 0 Å². The molecule has 3 aromatic rings. The molecule has 7 nitrogen and oxygen atoms in total. The quantitative estimate of drug-likeness (QED) is 0.105. The van der Waals surface area contributed by atoms with Gasteiger partial charge in [-0.3, -0.25) is 15.0 Å². The van der Waals surface area contributed by atoms with Crippen LogP contribution in [0.25, 0.3) is 0 Å². The number of hydrogen-bond acceptors (Lipinski definition) is 4. The number of aromatic nitrogens is 1. The second-order valence-corrected chi connectivity index (χ2v) is 9.16. The predicted octanol–water partition coefficient (Wildman–Crippen LogP) is 5.24. The van der Waals surface area contributed by atoms with Crippen molar-refractivity contribution in [3.63, 3.8) is 0 Å². The molecule has 2 amide bonds. The maximum Gasteiger partial charge on any atom is 0.258 e. The Morgan fingerprint density at radius 3 is 2.26 bits per heavy atom. The number of nitrogens with zero attached hydrogens (tertiary/aromatic N) is 2. The van der Waals surface area contributed by atoms with Crippen LogP contribution in [0.4, 0.5) is 15.9 Å². The summed E-state index contributed by atoms with van der Waals surface area (Å²) in [6.45, 7) is 1.55. The Bertz CT molecular complexity index is 1260. The molecule has 2 heterocycles. The van der Waals surface area contributed by atoms with Crippen LogP contribution in [0.2, 0.25) is 0 Å². The minimum Gasteiger partial charge on any atom is -0.353 e. The molecule has 1 aliphatic heterocycles. The number of rotatable bonds is 7. The highest BCUT2D eigenvalue weighted by Crippen LogP contribution is 2.23. The van der Waals surface area contributed by atoms with Crippen LogP contribution >= 0.6 is 45.2 Å². The predicted molar refractivity (Wildman–Crippen MR) is 147 cm³/mol. The molecule has 1 fully saturated rings. The first-order chi connectivity index (χ1) is 16.4. The van der Waals surface area contributed by atoms with E-state index in [0.717, 1.165) is 28.6 Å². The Hall–Kier alpha value is -2.61. The van der Waals surface area contributed by atoms with Crippen molar-refractivity contribution in [1.82, 2.24) is 9.88 Å². The van der Waals surface area contributed by atoms with E-state index in [2.05, 4.69) is 60.8 Å². The van der Waals surface area contributed by atoms with Gasteiger partial charge in [-0.15, -0.1) is 0 Å². The van der Waals surface area contributed by atoms with Crippen LogP contribution in [0.1, 0.15) is 37.4 Å². The van der Waals surface area contributed by atoms with Gasteiger partial charge in [0.2, 0.25) is 0 Å². The Labute approximate surface area is 223 Å². The minimum absolute atomic E-state index is 0.164. The number of benzene rings is 2. The zero-order chi connectivity index (χ0) is 24.2. The molecule has 2 aromatic carbocycles. The van der Waals surface area contributed by atoms with Gasteiger partial charge in [-0.05, 0) is 41.5 Å². The fraction of sp³-hybridized carbons (Fsp3) is 0.167. The van der Waals surface area contributed by atoms with Crippen molar-refractivity contribution in [2.75, 3.05) is 23.7 Å². The van der Waals surface area contributed by atoms with E-state index in [4.69, 9.17) is 5.41 Å². The first kappa shape index (κ1) is 24.5. The molecule has 34 heavy (non-hydrogen) atoms. The van der Waals surface area contributed by atoms with Gasteiger partial charge in [-0.1, -0.05) is 63.4 Å². The Morgan fingerprint density at radius 2 is 1.65 bits per heavy atom. The van der Waals surface area contributed by atoms with E-state index in [-0.39, 0.29) is 22.6 Å². The SMILES string of the molecule is N=C(c1ccc(C(=O)Nc2ccc(CI)cc2C(=O)Nc2ccc(CI)cn2)c(F)c1)N1CC1. The van der Waals surface area contributed by atoms with Crippen molar-refractivity contribution < 1.29 is 14.0 Å². The summed E-state index contributed by atoms with van der Waals surface area (Å²) in [6, 6.07) is 12.8. The smallest absolute Gasteiger partial charge is 0.258 e. The molecule has 0 radical (unpaired) electrons. The highest BCUT2D eigenvalue weighted by atomic mass is 127. The number of carbonyl (C=O) groups excluding carboxylic acids is 2. The van der Waals surface area contributed by atoms with Gasteiger partial charge in [0.05, 0.1) is 16.8 Å². The first-order valence-electron chi connectivity index (χ1n) is 10.4. The van der Waals surface area contributed by atoms with Crippen LogP contribution in [0.15, 0.2) is 54.7 Å². The maximum absolute atomic E-state index is 14.7. The molecule has 10 heteroatoms. The summed E-state index contributed by atoms with van der Waals surface area (Å²) in [5.41, 5.74) is 2.71. The Kier molecular flexibility index (Phi) is 7.76. The normalized spacial score (nSPS) is 12.3. The first-order valence-corrected chi connectivity index (χ1v) is 13.4. The second kappa shape index (κ2) is 10.8. The number of alkyl halides is 2. The van der Waals surface area contributed by atoms with Gasteiger partial charge in [0.15, 0.2) is 0 Å². The number of carbonyl (C=O) groups is 2. The van der Waals surface area contributed by atoms with Crippen LogP contribution in [0, 0.1) is 11.2 Å². The molecule has 0 unspecified atom stereocenters. The topological polar surface area (TPSA) is 98.0 Å². The summed E-state index contributed by atoms with van der Waals surface area (Å²) in [6.07, 6.45) is 1.69. The molecule has 0 atom stereocenters. The molecule has 0 aliphatic carbocycles. The third kappa shape index (κ3) is 5.71. The van der Waals surface area contributed by atoms with Crippen molar-refractivity contribution in [1.29, 1.82) is 5.41 Å². The van der Waals surface area contributed by atoms with Crippen LogP contribution in [0.5, 0.6) is 0 Å². The summed E-state index contributed by atoms with van der Waals surface area (Å²) in [5.74, 6) is -1.20. The van der Waals surface area contributed by atoms with Crippen LogP contribution in [0.3, 0.4) is 0 Å². The van der Waals surface area contributed by atoms with Gasteiger partial charge >= 0.3 is 0 Å². The van der Waals surface area contributed by atoms with E-state index >= 15 is 0 Å². The summed E-state index contributed by atoms with van der Waals surface area (Å²) in [7, 11) is 0. The van der Waals surface area contributed by atoms with E-state index in [9.17, 15) is 14.0 Å². The molecule has 1 saturated heterocycles. The molecule has 1 aliphatic rings. The number of amidine groups is 1. The zero-order valence-electron chi connectivity index (χ0n) is 17.9. The lowest BCUT2D eigenvalue weighted by Gasteiger charge is -2.14. The van der Waals surface area contributed by atoms with E-state index in [1.165, 1.54) is 12.1 Å². The summed E-state index contributed by atoms with van der Waals surface area (Å²) >= 11 is 4.42. The van der Waals surface area contributed by atoms with E-state index in [1.807, 2.05) is 6.07 Å². The molecular weight excluding hydrogens is 663 g/mol. The lowest BCUT2D eigenvalue weighted by molar-refractivity contribution is 0.102. The molecule has 174 valence electrons.